The highest BCUT2D eigenvalue weighted by Crippen LogP contribution is 2.06. The zero-order chi connectivity index (χ0) is 8.23. The molecule has 1 aromatic rings. The number of piperazine rings is 1. The molecule has 0 radical (unpaired) electrons. The van der Waals surface area contributed by atoms with Crippen LogP contribution in [-0.2, 0) is 6.54 Å². The maximum Gasteiger partial charge on any atom is 0.0452 e. The summed E-state index contributed by atoms with van der Waals surface area (Å²) in [5.74, 6) is 0. The van der Waals surface area contributed by atoms with Gasteiger partial charge in [0.2, 0.25) is 0 Å². The highest BCUT2D eigenvalue weighted by Gasteiger charge is 2.09. The first kappa shape index (κ1) is 8.16. The molecule has 0 aromatic carbocycles. The van der Waals surface area contributed by atoms with Gasteiger partial charge in [0.25, 0.3) is 0 Å². The van der Waals surface area contributed by atoms with Crippen molar-refractivity contribution < 1.29 is 0 Å². The normalized spacial score (nSPS) is 19.7. The number of hydrogen-bond acceptors (Lipinski definition) is 4. The van der Waals surface area contributed by atoms with E-state index in [1.165, 1.54) is 17.1 Å². The second-order valence-corrected chi connectivity index (χ2v) is 3.72. The highest BCUT2D eigenvalue weighted by molar-refractivity contribution is 7.03. The van der Waals surface area contributed by atoms with Crippen LogP contribution in [0.4, 0.5) is 0 Å². The molecule has 2 heterocycles. The minimum absolute atomic E-state index is 1.07. The molecule has 1 aromatic heterocycles. The summed E-state index contributed by atoms with van der Waals surface area (Å²) in [4.78, 5) is 2.46. The van der Waals surface area contributed by atoms with E-state index >= 15 is 0 Å². The molecule has 2 rings (SSSR count). The van der Waals surface area contributed by atoms with Crippen LogP contribution in [0.3, 0.4) is 0 Å². The van der Waals surface area contributed by atoms with E-state index in [0.29, 0.717) is 0 Å². The van der Waals surface area contributed by atoms with Crippen molar-refractivity contribution in [3.05, 3.63) is 17.1 Å². The molecule has 0 atom stereocenters. The molecule has 0 spiro atoms. The van der Waals surface area contributed by atoms with Crippen LogP contribution in [0.1, 0.15) is 5.56 Å². The molecule has 1 saturated heterocycles. The number of rotatable bonds is 2. The largest absolute Gasteiger partial charge is 0.314 e. The average molecular weight is 183 g/mol. The molecule has 1 N–H and O–H groups in total. The Labute approximate surface area is 76.6 Å². The van der Waals surface area contributed by atoms with Gasteiger partial charge in [-0.15, -0.1) is 0 Å². The fraction of sp³-hybridized carbons (Fsp3) is 0.625. The van der Waals surface area contributed by atoms with Crippen molar-refractivity contribution in [3.63, 3.8) is 0 Å². The monoisotopic (exact) mass is 183 g/mol. The van der Waals surface area contributed by atoms with Gasteiger partial charge in [0.1, 0.15) is 0 Å². The molecule has 0 saturated carbocycles. The van der Waals surface area contributed by atoms with Crippen molar-refractivity contribution in [2.45, 2.75) is 6.54 Å². The predicted octanol–water partition coefficient (Wildman–Crippen LogP) is 0.548. The minimum Gasteiger partial charge on any atom is -0.314 e. The molecule has 12 heavy (non-hydrogen) atoms. The van der Waals surface area contributed by atoms with Crippen molar-refractivity contribution >= 4 is 11.5 Å². The van der Waals surface area contributed by atoms with Crippen molar-refractivity contribution in [1.29, 1.82) is 0 Å². The van der Waals surface area contributed by atoms with E-state index in [1.54, 1.807) is 0 Å². The lowest BCUT2D eigenvalue weighted by Crippen LogP contribution is -2.42. The second kappa shape index (κ2) is 3.98. The molecule has 1 aliphatic heterocycles. The predicted molar refractivity (Wildman–Crippen MR) is 50.3 cm³/mol. The molecule has 4 heteroatoms. The summed E-state index contributed by atoms with van der Waals surface area (Å²) in [6.45, 7) is 5.64. The Morgan fingerprint density at radius 2 is 2.33 bits per heavy atom. The third-order valence-electron chi connectivity index (χ3n) is 2.10. The van der Waals surface area contributed by atoms with Gasteiger partial charge in [-0.25, -0.2) is 4.37 Å². The standard InChI is InChI=1S/C8H13N3S/c1-3-11(4-2-9-1)6-8-5-10-12-7-8/h5,7,9H,1-4,6H2. The SMILES string of the molecule is c1nscc1CN1CCNCC1. The van der Waals surface area contributed by atoms with Crippen LogP contribution in [0, 0.1) is 0 Å². The molecule has 3 nitrogen and oxygen atoms in total. The zero-order valence-electron chi connectivity index (χ0n) is 6.99. The molecule has 0 amide bonds. The van der Waals surface area contributed by atoms with Gasteiger partial charge >= 0.3 is 0 Å². The molecular weight excluding hydrogens is 170 g/mol. The topological polar surface area (TPSA) is 28.2 Å². The van der Waals surface area contributed by atoms with Crippen LogP contribution < -0.4 is 5.32 Å². The molecule has 0 bridgehead atoms. The Hall–Kier alpha value is -0.450. The Kier molecular flexibility index (Phi) is 2.71. The molecular formula is C8H13N3S. The molecule has 1 aliphatic rings. The summed E-state index contributed by atoms with van der Waals surface area (Å²) in [6, 6.07) is 0. The summed E-state index contributed by atoms with van der Waals surface area (Å²) in [7, 11) is 0. The van der Waals surface area contributed by atoms with E-state index in [0.717, 1.165) is 32.7 Å². The fourth-order valence-corrected chi connectivity index (χ4v) is 1.96. The summed E-state index contributed by atoms with van der Waals surface area (Å²) in [5.41, 5.74) is 1.35. The first-order valence-electron chi connectivity index (χ1n) is 4.26. The summed E-state index contributed by atoms with van der Waals surface area (Å²) < 4.78 is 4.09. The average Bonchev–Trinajstić information content (AvgIpc) is 2.59. The van der Waals surface area contributed by atoms with Crippen LogP contribution in [0.5, 0.6) is 0 Å². The minimum atomic E-state index is 1.07. The van der Waals surface area contributed by atoms with Gasteiger partial charge in [0.15, 0.2) is 0 Å². The number of aromatic nitrogens is 1. The second-order valence-electron chi connectivity index (χ2n) is 3.06. The van der Waals surface area contributed by atoms with Crippen LogP contribution in [0.15, 0.2) is 11.6 Å². The molecule has 1 fully saturated rings. The fourth-order valence-electron chi connectivity index (χ4n) is 1.43. The Morgan fingerprint density at radius 3 is 3.00 bits per heavy atom. The van der Waals surface area contributed by atoms with E-state index in [9.17, 15) is 0 Å². The third-order valence-corrected chi connectivity index (χ3v) is 2.73. The first-order valence-corrected chi connectivity index (χ1v) is 5.10. The third kappa shape index (κ3) is 2.03. The van der Waals surface area contributed by atoms with Crippen molar-refractivity contribution in [2.75, 3.05) is 26.2 Å². The van der Waals surface area contributed by atoms with E-state index in [4.69, 9.17) is 0 Å². The lowest BCUT2D eigenvalue weighted by Gasteiger charge is -2.26. The summed E-state index contributed by atoms with van der Waals surface area (Å²) in [6.07, 6.45) is 1.96. The number of nitrogens with one attached hydrogen (secondary N) is 1. The summed E-state index contributed by atoms with van der Waals surface area (Å²) in [5, 5.41) is 5.47. The van der Waals surface area contributed by atoms with Gasteiger partial charge in [0.05, 0.1) is 0 Å². The van der Waals surface area contributed by atoms with E-state index in [1.807, 2.05) is 6.20 Å². The number of hydrogen-bond donors (Lipinski definition) is 1. The van der Waals surface area contributed by atoms with Crippen molar-refractivity contribution in [1.82, 2.24) is 14.6 Å². The molecule has 0 unspecified atom stereocenters. The first-order chi connectivity index (χ1) is 5.95. The van der Waals surface area contributed by atoms with Gasteiger partial charge < -0.3 is 5.32 Å². The summed E-state index contributed by atoms with van der Waals surface area (Å²) >= 11 is 1.54. The van der Waals surface area contributed by atoms with Gasteiger partial charge in [-0.05, 0) is 17.1 Å². The van der Waals surface area contributed by atoms with Crippen LogP contribution >= 0.6 is 11.5 Å². The highest BCUT2D eigenvalue weighted by atomic mass is 32.1. The zero-order valence-corrected chi connectivity index (χ0v) is 7.81. The van der Waals surface area contributed by atoms with Crippen molar-refractivity contribution in [3.8, 4) is 0 Å². The molecule has 66 valence electrons. The van der Waals surface area contributed by atoms with Crippen LogP contribution in [-0.4, -0.2) is 35.5 Å². The van der Waals surface area contributed by atoms with E-state index in [2.05, 4.69) is 20.0 Å². The van der Waals surface area contributed by atoms with Gasteiger partial charge in [-0.1, -0.05) is 0 Å². The maximum absolute atomic E-state index is 4.09. The van der Waals surface area contributed by atoms with Gasteiger partial charge in [-0.2, -0.15) is 0 Å². The molecule has 0 aliphatic carbocycles. The van der Waals surface area contributed by atoms with E-state index < -0.39 is 0 Å². The van der Waals surface area contributed by atoms with Crippen molar-refractivity contribution in [2.24, 2.45) is 0 Å². The Balaban J connectivity index is 1.86. The van der Waals surface area contributed by atoms with Gasteiger partial charge in [0, 0.05) is 44.3 Å². The smallest absolute Gasteiger partial charge is 0.0452 e. The van der Waals surface area contributed by atoms with E-state index in [-0.39, 0.29) is 0 Å². The lowest BCUT2D eigenvalue weighted by molar-refractivity contribution is 0.233. The number of nitrogens with zero attached hydrogens (tertiary/aromatic N) is 2. The Bertz CT molecular complexity index is 216. The van der Waals surface area contributed by atoms with Crippen LogP contribution in [0.2, 0.25) is 0 Å². The maximum atomic E-state index is 4.09. The van der Waals surface area contributed by atoms with Crippen LogP contribution in [0.25, 0.3) is 0 Å². The Morgan fingerprint density at radius 1 is 1.50 bits per heavy atom. The lowest BCUT2D eigenvalue weighted by atomic mass is 10.3. The van der Waals surface area contributed by atoms with Gasteiger partial charge in [-0.3, -0.25) is 4.90 Å². The quantitative estimate of drug-likeness (QED) is 0.725.